The first-order chi connectivity index (χ1) is 9.24. The van der Waals surface area contributed by atoms with Crippen molar-refractivity contribution in [2.45, 2.75) is 19.4 Å². The summed E-state index contributed by atoms with van der Waals surface area (Å²) in [6.07, 6.45) is 0. The molecule has 0 unspecified atom stereocenters. The van der Waals surface area contributed by atoms with Gasteiger partial charge >= 0.3 is 0 Å². The second kappa shape index (κ2) is 4.98. The summed E-state index contributed by atoms with van der Waals surface area (Å²) in [5.41, 5.74) is 7.26. The number of benzene rings is 1. The molecule has 1 saturated heterocycles. The summed E-state index contributed by atoms with van der Waals surface area (Å²) >= 11 is 0. The number of nitrogens with zero attached hydrogens (tertiary/aromatic N) is 2. The van der Waals surface area contributed by atoms with Gasteiger partial charge in [-0.05, 0) is 24.1 Å². The Morgan fingerprint density at radius 2 is 2.00 bits per heavy atom. The lowest BCUT2D eigenvalue weighted by atomic mass is 9.82. The zero-order chi connectivity index (χ0) is 15.1. The maximum atomic E-state index is 12.3. The molecule has 0 spiro atoms. The van der Waals surface area contributed by atoms with Gasteiger partial charge in [-0.1, -0.05) is 13.8 Å². The van der Waals surface area contributed by atoms with E-state index in [0.717, 1.165) is 5.69 Å². The van der Waals surface area contributed by atoms with E-state index in [2.05, 4.69) is 0 Å². The molecule has 110 valence electrons. The summed E-state index contributed by atoms with van der Waals surface area (Å²) < 4.78 is 0. The van der Waals surface area contributed by atoms with Crippen LogP contribution >= 0.6 is 0 Å². The summed E-state index contributed by atoms with van der Waals surface area (Å²) in [5, 5.41) is 10.2. The van der Waals surface area contributed by atoms with Crippen LogP contribution in [0.5, 0.6) is 0 Å². The molecular formula is C15H23N3O2. The van der Waals surface area contributed by atoms with E-state index >= 15 is 0 Å². The van der Waals surface area contributed by atoms with E-state index in [1.165, 1.54) is 0 Å². The third-order valence-electron chi connectivity index (χ3n) is 4.05. The lowest BCUT2D eigenvalue weighted by Gasteiger charge is -2.49. The molecule has 5 heteroatoms. The van der Waals surface area contributed by atoms with Crippen molar-refractivity contribution in [3.8, 4) is 0 Å². The number of carbonyl (C=O) groups is 1. The van der Waals surface area contributed by atoms with Gasteiger partial charge in [-0.25, -0.2) is 0 Å². The molecule has 1 aliphatic heterocycles. The van der Waals surface area contributed by atoms with Crippen LogP contribution in [0.4, 0.5) is 11.4 Å². The SMILES string of the molecule is CC(C)C1(O)CN(C(=O)c2ccc(N(C)C)c(N)c2)C1. The van der Waals surface area contributed by atoms with Crippen LogP contribution < -0.4 is 10.6 Å². The van der Waals surface area contributed by atoms with Crippen molar-refractivity contribution >= 4 is 17.3 Å². The van der Waals surface area contributed by atoms with Crippen LogP contribution in [0.2, 0.25) is 0 Å². The zero-order valence-corrected chi connectivity index (χ0v) is 12.6. The molecule has 1 aromatic carbocycles. The van der Waals surface area contributed by atoms with Gasteiger partial charge in [0, 0.05) is 19.7 Å². The van der Waals surface area contributed by atoms with E-state index in [9.17, 15) is 9.90 Å². The average Bonchev–Trinajstić information content (AvgIpc) is 2.33. The van der Waals surface area contributed by atoms with Crippen molar-refractivity contribution in [1.82, 2.24) is 4.90 Å². The van der Waals surface area contributed by atoms with Gasteiger partial charge in [0.15, 0.2) is 0 Å². The van der Waals surface area contributed by atoms with Crippen molar-refractivity contribution in [1.29, 1.82) is 0 Å². The van der Waals surface area contributed by atoms with Crippen molar-refractivity contribution in [2.24, 2.45) is 5.92 Å². The minimum atomic E-state index is -0.745. The normalized spacial score (nSPS) is 17.0. The lowest BCUT2D eigenvalue weighted by Crippen LogP contribution is -2.65. The van der Waals surface area contributed by atoms with Crippen molar-refractivity contribution in [2.75, 3.05) is 37.8 Å². The minimum Gasteiger partial charge on any atom is -0.397 e. The van der Waals surface area contributed by atoms with Crippen LogP contribution in [0.1, 0.15) is 24.2 Å². The second-order valence-electron chi connectivity index (χ2n) is 6.09. The number of β-amino-alcohol motifs (C(OH)–C–C–N with tert-alkyl or cyclic N) is 1. The third-order valence-corrected chi connectivity index (χ3v) is 4.05. The molecule has 0 atom stereocenters. The number of amides is 1. The first kappa shape index (κ1) is 14.7. The molecule has 1 fully saturated rings. The molecule has 1 aromatic rings. The topological polar surface area (TPSA) is 69.8 Å². The number of anilines is 2. The fourth-order valence-electron chi connectivity index (χ4n) is 2.40. The standard InChI is InChI=1S/C15H23N3O2/c1-10(2)15(20)8-18(9-15)14(19)11-5-6-13(17(3)4)12(16)7-11/h5-7,10,20H,8-9,16H2,1-4H3. The maximum Gasteiger partial charge on any atom is 0.254 e. The van der Waals surface area contributed by atoms with Gasteiger partial charge in [0.05, 0.1) is 24.5 Å². The molecule has 3 N–H and O–H groups in total. The summed E-state index contributed by atoms with van der Waals surface area (Å²) in [6.45, 7) is 4.70. The number of rotatable bonds is 3. The maximum absolute atomic E-state index is 12.3. The second-order valence-corrected chi connectivity index (χ2v) is 6.09. The molecule has 0 aromatic heterocycles. The fourth-order valence-corrected chi connectivity index (χ4v) is 2.40. The molecule has 0 radical (unpaired) electrons. The Bertz CT molecular complexity index is 520. The first-order valence-electron chi connectivity index (χ1n) is 6.83. The van der Waals surface area contributed by atoms with E-state index < -0.39 is 5.60 Å². The summed E-state index contributed by atoms with van der Waals surface area (Å²) in [4.78, 5) is 15.9. The number of carbonyl (C=O) groups excluding carboxylic acids is 1. The number of nitrogen functional groups attached to an aromatic ring is 1. The van der Waals surface area contributed by atoms with Crippen LogP contribution in [0.15, 0.2) is 18.2 Å². The predicted molar refractivity (Wildman–Crippen MR) is 80.9 cm³/mol. The highest BCUT2D eigenvalue weighted by atomic mass is 16.3. The number of hydrogen-bond donors (Lipinski definition) is 2. The first-order valence-corrected chi connectivity index (χ1v) is 6.83. The van der Waals surface area contributed by atoms with Gasteiger partial charge in [-0.15, -0.1) is 0 Å². The van der Waals surface area contributed by atoms with Crippen molar-refractivity contribution in [3.63, 3.8) is 0 Å². The van der Waals surface area contributed by atoms with Gasteiger partial charge in [-0.3, -0.25) is 4.79 Å². The fraction of sp³-hybridized carbons (Fsp3) is 0.533. The molecule has 1 heterocycles. The molecule has 2 rings (SSSR count). The molecule has 5 nitrogen and oxygen atoms in total. The van der Waals surface area contributed by atoms with Crippen molar-refractivity contribution < 1.29 is 9.90 Å². The average molecular weight is 277 g/mol. The van der Waals surface area contributed by atoms with E-state index in [-0.39, 0.29) is 11.8 Å². The number of aliphatic hydroxyl groups is 1. The van der Waals surface area contributed by atoms with E-state index in [1.54, 1.807) is 17.0 Å². The van der Waals surface area contributed by atoms with Crippen LogP contribution in [0.3, 0.4) is 0 Å². The van der Waals surface area contributed by atoms with Crippen LogP contribution in [0, 0.1) is 5.92 Å². The number of hydrogen-bond acceptors (Lipinski definition) is 4. The molecule has 0 saturated carbocycles. The Kier molecular flexibility index (Phi) is 3.65. The van der Waals surface area contributed by atoms with Gasteiger partial charge in [-0.2, -0.15) is 0 Å². The summed E-state index contributed by atoms with van der Waals surface area (Å²) in [5.74, 6) is 0.0695. The van der Waals surface area contributed by atoms with Crippen LogP contribution in [0.25, 0.3) is 0 Å². The lowest BCUT2D eigenvalue weighted by molar-refractivity contribution is -0.110. The van der Waals surface area contributed by atoms with Gasteiger partial charge < -0.3 is 20.6 Å². The van der Waals surface area contributed by atoms with Gasteiger partial charge in [0.2, 0.25) is 0 Å². The Balaban J connectivity index is 2.10. The molecule has 0 bridgehead atoms. The van der Waals surface area contributed by atoms with E-state index in [4.69, 9.17) is 5.73 Å². The minimum absolute atomic E-state index is 0.0765. The molecule has 1 aliphatic rings. The molecule has 20 heavy (non-hydrogen) atoms. The quantitative estimate of drug-likeness (QED) is 0.814. The highest BCUT2D eigenvalue weighted by molar-refractivity contribution is 5.96. The Labute approximate surface area is 120 Å². The summed E-state index contributed by atoms with van der Waals surface area (Å²) in [7, 11) is 3.82. The zero-order valence-electron chi connectivity index (χ0n) is 12.6. The number of likely N-dealkylation sites (tertiary alicyclic amines) is 1. The smallest absolute Gasteiger partial charge is 0.254 e. The molecule has 1 amide bonds. The monoisotopic (exact) mass is 277 g/mol. The molecule has 0 aliphatic carbocycles. The Morgan fingerprint density at radius 3 is 2.45 bits per heavy atom. The molecular weight excluding hydrogens is 254 g/mol. The van der Waals surface area contributed by atoms with E-state index in [0.29, 0.717) is 24.3 Å². The highest BCUT2D eigenvalue weighted by Crippen LogP contribution is 2.31. The van der Waals surface area contributed by atoms with E-state index in [1.807, 2.05) is 38.9 Å². The Hall–Kier alpha value is -1.75. The third kappa shape index (κ3) is 2.45. The highest BCUT2D eigenvalue weighted by Gasteiger charge is 2.45. The van der Waals surface area contributed by atoms with Crippen LogP contribution in [-0.4, -0.2) is 48.7 Å². The largest absolute Gasteiger partial charge is 0.397 e. The van der Waals surface area contributed by atoms with Gasteiger partial charge in [0.1, 0.15) is 5.60 Å². The summed E-state index contributed by atoms with van der Waals surface area (Å²) in [6, 6.07) is 5.32. The Morgan fingerprint density at radius 1 is 1.40 bits per heavy atom. The van der Waals surface area contributed by atoms with Gasteiger partial charge in [0.25, 0.3) is 5.91 Å². The van der Waals surface area contributed by atoms with Crippen LogP contribution in [-0.2, 0) is 0 Å². The van der Waals surface area contributed by atoms with Crippen molar-refractivity contribution in [3.05, 3.63) is 23.8 Å². The predicted octanol–water partition coefficient (Wildman–Crippen LogP) is 1.18. The number of nitrogens with two attached hydrogens (primary N) is 1.